The first-order valence-corrected chi connectivity index (χ1v) is 12.1. The molecule has 0 aliphatic heterocycles. The summed E-state index contributed by atoms with van der Waals surface area (Å²) in [6.45, 7) is 4.91. The lowest BCUT2D eigenvalue weighted by Gasteiger charge is -2.54. The molecule has 1 aromatic carbocycles. The molecule has 7 nitrogen and oxygen atoms in total. The number of benzene rings is 1. The second kappa shape index (κ2) is 8.22. The highest BCUT2D eigenvalue weighted by Crippen LogP contribution is 2.56. The van der Waals surface area contributed by atoms with Crippen LogP contribution in [0.25, 0.3) is 22.5 Å². The third kappa shape index (κ3) is 4.19. The lowest BCUT2D eigenvalue weighted by Crippen LogP contribution is -2.49. The van der Waals surface area contributed by atoms with Crippen LogP contribution < -0.4 is 10.5 Å². The summed E-state index contributed by atoms with van der Waals surface area (Å²) in [5, 5.41) is 19.6. The van der Waals surface area contributed by atoms with Gasteiger partial charge in [0.2, 0.25) is 0 Å². The normalized spacial score (nSPS) is 26.3. The summed E-state index contributed by atoms with van der Waals surface area (Å²) in [7, 11) is 3.78. The number of hydrogen-bond donors (Lipinski definition) is 1. The zero-order valence-electron chi connectivity index (χ0n) is 20.5. The quantitative estimate of drug-likeness (QED) is 0.604. The topological polar surface area (TPSA) is 84.1 Å². The molecule has 0 radical (unpaired) electrons. The lowest BCUT2D eigenvalue weighted by atomic mass is 9.55. The Morgan fingerprint density at radius 1 is 1.03 bits per heavy atom. The van der Waals surface area contributed by atoms with Gasteiger partial charge in [0.1, 0.15) is 5.75 Å². The van der Waals surface area contributed by atoms with Crippen molar-refractivity contribution in [3.05, 3.63) is 53.1 Å². The Morgan fingerprint density at radius 3 is 2.38 bits per heavy atom. The van der Waals surface area contributed by atoms with Crippen molar-refractivity contribution in [1.82, 2.24) is 19.7 Å². The van der Waals surface area contributed by atoms with E-state index in [1.54, 1.807) is 19.2 Å². The Labute approximate surface area is 200 Å². The minimum absolute atomic E-state index is 0.0799. The van der Waals surface area contributed by atoms with Gasteiger partial charge in [-0.2, -0.15) is 0 Å². The van der Waals surface area contributed by atoms with Crippen molar-refractivity contribution >= 4 is 5.82 Å². The summed E-state index contributed by atoms with van der Waals surface area (Å²) >= 11 is 0. The molecule has 2 aliphatic carbocycles. The molecule has 2 aliphatic rings. The fraction of sp³-hybridized carbons (Fsp3) is 0.481. The van der Waals surface area contributed by atoms with Gasteiger partial charge in [-0.1, -0.05) is 26.3 Å². The summed E-state index contributed by atoms with van der Waals surface area (Å²) in [6, 6.07) is 11.1. The molecule has 178 valence electrons. The molecule has 0 spiro atoms. The fourth-order valence-electron chi connectivity index (χ4n) is 6.35. The van der Waals surface area contributed by atoms with Crippen LogP contribution in [0.3, 0.4) is 0 Å². The average Bonchev–Trinajstić information content (AvgIpc) is 2.79. The van der Waals surface area contributed by atoms with Crippen molar-refractivity contribution in [2.75, 3.05) is 11.9 Å². The maximum atomic E-state index is 11.9. The number of nitrogens with zero attached hydrogens (tertiary/aromatic N) is 5. The standard InChI is InChI=1S/C27H33N5O2/c1-26-10-5-11-27(2,16-26)15-19(14-26)32(4)24-9-8-21(29-30-24)20-7-6-18(12-23(20)33)22-13-25(34)31(3)17-28-22/h6-9,12-13,17,19,33H,5,10-11,14-16H2,1-4H3/t19-,26-,27+. The molecule has 0 saturated heterocycles. The molecule has 2 fully saturated rings. The number of anilines is 1. The van der Waals surface area contributed by atoms with E-state index in [4.69, 9.17) is 0 Å². The van der Waals surface area contributed by atoms with Gasteiger partial charge in [-0.25, -0.2) is 4.98 Å². The van der Waals surface area contributed by atoms with Gasteiger partial charge in [-0.3, -0.25) is 4.79 Å². The fourth-order valence-corrected chi connectivity index (χ4v) is 6.35. The second-order valence-corrected chi connectivity index (χ2v) is 11.1. The molecule has 34 heavy (non-hydrogen) atoms. The predicted molar refractivity (Wildman–Crippen MR) is 134 cm³/mol. The van der Waals surface area contributed by atoms with E-state index in [1.165, 1.54) is 55.5 Å². The van der Waals surface area contributed by atoms with Crippen LogP contribution in [-0.4, -0.2) is 37.9 Å². The van der Waals surface area contributed by atoms with Crippen molar-refractivity contribution in [1.29, 1.82) is 0 Å². The van der Waals surface area contributed by atoms with E-state index in [2.05, 4.69) is 41.0 Å². The van der Waals surface area contributed by atoms with E-state index < -0.39 is 0 Å². The molecular formula is C27H33N5O2. The molecule has 2 bridgehead atoms. The Kier molecular flexibility index (Phi) is 5.46. The van der Waals surface area contributed by atoms with Crippen LogP contribution in [0, 0.1) is 10.8 Å². The Hall–Kier alpha value is -3.22. The number of aryl methyl sites for hydroxylation is 1. The number of phenolic OH excluding ortho intramolecular Hbond substituents is 1. The zero-order valence-corrected chi connectivity index (χ0v) is 20.5. The smallest absolute Gasteiger partial charge is 0.253 e. The zero-order chi connectivity index (χ0) is 24.1. The number of fused-ring (bicyclic) bond motifs is 2. The maximum absolute atomic E-state index is 11.9. The van der Waals surface area contributed by atoms with Crippen molar-refractivity contribution < 1.29 is 5.11 Å². The van der Waals surface area contributed by atoms with Crippen molar-refractivity contribution in [2.24, 2.45) is 17.9 Å². The molecular weight excluding hydrogens is 426 g/mol. The highest BCUT2D eigenvalue weighted by molar-refractivity contribution is 5.73. The van der Waals surface area contributed by atoms with Crippen molar-refractivity contribution in [3.63, 3.8) is 0 Å². The molecule has 3 aromatic rings. The molecule has 2 heterocycles. The van der Waals surface area contributed by atoms with E-state index in [9.17, 15) is 9.90 Å². The molecule has 2 aromatic heterocycles. The third-order valence-corrected chi connectivity index (χ3v) is 7.98. The minimum atomic E-state index is -0.149. The SMILES string of the molecule is CN(c1ccc(-c2ccc(-c3cc(=O)n(C)cn3)cc2O)nn1)[C@H]1C[C@]2(C)CCC[C@](C)(C1)C2. The summed E-state index contributed by atoms with van der Waals surface area (Å²) in [6.07, 6.45) is 9.18. The minimum Gasteiger partial charge on any atom is -0.507 e. The van der Waals surface area contributed by atoms with Crippen molar-refractivity contribution in [2.45, 2.75) is 58.4 Å². The first-order chi connectivity index (χ1) is 16.1. The number of rotatable bonds is 4. The average molecular weight is 460 g/mol. The Morgan fingerprint density at radius 2 is 1.76 bits per heavy atom. The first kappa shape index (κ1) is 22.6. The van der Waals surface area contributed by atoms with E-state index in [0.29, 0.717) is 39.4 Å². The van der Waals surface area contributed by atoms with Gasteiger partial charge < -0.3 is 14.6 Å². The summed E-state index contributed by atoms with van der Waals surface area (Å²) in [4.78, 5) is 18.5. The highest BCUT2D eigenvalue weighted by Gasteiger charge is 2.47. The van der Waals surface area contributed by atoms with Gasteiger partial charge in [0, 0.05) is 37.3 Å². The van der Waals surface area contributed by atoms with Gasteiger partial charge in [0.05, 0.1) is 17.7 Å². The predicted octanol–water partition coefficient (Wildman–Crippen LogP) is 4.80. The summed E-state index contributed by atoms with van der Waals surface area (Å²) in [5.74, 6) is 0.942. The van der Waals surface area contributed by atoms with Crippen LogP contribution in [0.4, 0.5) is 5.82 Å². The van der Waals surface area contributed by atoms with E-state index >= 15 is 0 Å². The van der Waals surface area contributed by atoms with E-state index in [0.717, 1.165) is 5.82 Å². The van der Waals surface area contributed by atoms with Crippen LogP contribution in [0.5, 0.6) is 5.75 Å². The molecule has 7 heteroatoms. The molecule has 5 rings (SSSR count). The molecule has 0 amide bonds. The van der Waals surface area contributed by atoms with E-state index in [-0.39, 0.29) is 11.3 Å². The summed E-state index contributed by atoms with van der Waals surface area (Å²) < 4.78 is 1.41. The van der Waals surface area contributed by atoms with Crippen LogP contribution in [-0.2, 0) is 7.05 Å². The Bertz CT molecular complexity index is 1250. The van der Waals surface area contributed by atoms with Gasteiger partial charge in [0.25, 0.3) is 5.56 Å². The first-order valence-electron chi connectivity index (χ1n) is 12.1. The van der Waals surface area contributed by atoms with Gasteiger partial charge in [-0.15, -0.1) is 10.2 Å². The maximum Gasteiger partial charge on any atom is 0.253 e. The third-order valence-electron chi connectivity index (χ3n) is 7.98. The monoisotopic (exact) mass is 459 g/mol. The van der Waals surface area contributed by atoms with Crippen LogP contribution in [0.15, 0.2) is 47.5 Å². The van der Waals surface area contributed by atoms with Crippen LogP contribution >= 0.6 is 0 Å². The number of phenols is 1. The second-order valence-electron chi connectivity index (χ2n) is 11.1. The number of hydrogen-bond acceptors (Lipinski definition) is 6. The largest absolute Gasteiger partial charge is 0.507 e. The van der Waals surface area contributed by atoms with Crippen LogP contribution in [0.2, 0.25) is 0 Å². The van der Waals surface area contributed by atoms with Gasteiger partial charge >= 0.3 is 0 Å². The van der Waals surface area contributed by atoms with Gasteiger partial charge in [-0.05, 0) is 67.2 Å². The highest BCUT2D eigenvalue weighted by atomic mass is 16.3. The lowest BCUT2D eigenvalue weighted by molar-refractivity contribution is 0.0141. The van der Waals surface area contributed by atoms with E-state index in [1.807, 2.05) is 18.2 Å². The van der Waals surface area contributed by atoms with Crippen LogP contribution in [0.1, 0.15) is 52.4 Å². The molecule has 1 N–H and O–H groups in total. The molecule has 0 unspecified atom stereocenters. The van der Waals surface area contributed by atoms with Gasteiger partial charge in [0.15, 0.2) is 5.82 Å². The number of aromatic hydroxyl groups is 1. The number of aromatic nitrogens is 4. The van der Waals surface area contributed by atoms with Crippen molar-refractivity contribution in [3.8, 4) is 28.3 Å². The Balaban J connectivity index is 1.36. The molecule has 3 atom stereocenters. The molecule has 2 saturated carbocycles. The summed E-state index contributed by atoms with van der Waals surface area (Å²) in [5.41, 5.74) is 3.09.